The van der Waals surface area contributed by atoms with Crippen LogP contribution in [0.25, 0.3) is 0 Å². The van der Waals surface area contributed by atoms with Crippen LogP contribution in [0.1, 0.15) is 20.8 Å². The number of halogens is 1. The zero-order valence-electron chi connectivity index (χ0n) is 10.1. The largest absolute Gasteiger partial charge is 0.408 e. The SMILES string of the molecule is CC(C)(C)O[Si](C)(C)c1ccc(F)cc1. The van der Waals surface area contributed by atoms with E-state index in [9.17, 15) is 4.39 Å². The molecule has 0 atom stereocenters. The van der Waals surface area contributed by atoms with Crippen molar-refractivity contribution < 1.29 is 8.82 Å². The first-order chi connectivity index (χ1) is 6.71. The van der Waals surface area contributed by atoms with Gasteiger partial charge in [0, 0.05) is 5.60 Å². The number of benzene rings is 1. The summed E-state index contributed by atoms with van der Waals surface area (Å²) in [6.45, 7) is 10.4. The van der Waals surface area contributed by atoms with Crippen LogP contribution in [0.4, 0.5) is 4.39 Å². The van der Waals surface area contributed by atoms with Gasteiger partial charge in [-0.05, 0) is 51.2 Å². The molecular formula is C12H19FOSi. The predicted octanol–water partition coefficient (Wildman–Crippen LogP) is 3.05. The second-order valence-electron chi connectivity index (χ2n) is 5.23. The molecule has 0 unspecified atom stereocenters. The van der Waals surface area contributed by atoms with E-state index in [1.165, 1.54) is 12.1 Å². The van der Waals surface area contributed by atoms with Gasteiger partial charge in [-0.25, -0.2) is 4.39 Å². The van der Waals surface area contributed by atoms with E-state index in [-0.39, 0.29) is 11.4 Å². The third-order valence-corrected chi connectivity index (χ3v) is 4.95. The summed E-state index contributed by atoms with van der Waals surface area (Å²) in [4.78, 5) is 0. The van der Waals surface area contributed by atoms with E-state index in [1.807, 2.05) is 32.9 Å². The minimum Gasteiger partial charge on any atom is -0.408 e. The summed E-state index contributed by atoms with van der Waals surface area (Å²) < 4.78 is 18.9. The molecule has 0 N–H and O–H groups in total. The second kappa shape index (κ2) is 4.06. The lowest BCUT2D eigenvalue weighted by Gasteiger charge is -2.32. The third-order valence-electron chi connectivity index (χ3n) is 2.10. The molecule has 0 fully saturated rings. The fourth-order valence-corrected chi connectivity index (χ4v) is 4.29. The van der Waals surface area contributed by atoms with Crippen LogP contribution in [0.3, 0.4) is 0 Å². The van der Waals surface area contributed by atoms with Crippen LogP contribution >= 0.6 is 0 Å². The van der Waals surface area contributed by atoms with E-state index in [1.54, 1.807) is 0 Å². The predicted molar refractivity (Wildman–Crippen MR) is 64.4 cm³/mol. The van der Waals surface area contributed by atoms with E-state index in [0.29, 0.717) is 0 Å². The van der Waals surface area contributed by atoms with Crippen LogP contribution in [-0.2, 0) is 4.43 Å². The summed E-state index contributed by atoms with van der Waals surface area (Å²) in [5, 5.41) is 1.12. The molecule has 1 rings (SSSR count). The van der Waals surface area contributed by atoms with E-state index in [2.05, 4.69) is 13.1 Å². The standard InChI is InChI=1S/C12H19FOSi/c1-12(2,3)14-15(4,5)11-8-6-10(13)7-9-11/h6-9H,1-5H3. The fourth-order valence-electron chi connectivity index (χ4n) is 1.68. The summed E-state index contributed by atoms with van der Waals surface area (Å²) in [5.41, 5.74) is -0.149. The summed E-state index contributed by atoms with van der Waals surface area (Å²) in [6.07, 6.45) is 0. The molecule has 0 aliphatic rings. The molecular weight excluding hydrogens is 207 g/mol. The monoisotopic (exact) mass is 226 g/mol. The molecule has 0 spiro atoms. The van der Waals surface area contributed by atoms with Crippen molar-refractivity contribution in [2.24, 2.45) is 0 Å². The molecule has 0 bridgehead atoms. The van der Waals surface area contributed by atoms with Crippen molar-refractivity contribution >= 4 is 13.5 Å². The first-order valence-electron chi connectivity index (χ1n) is 5.17. The molecule has 0 aliphatic heterocycles. The van der Waals surface area contributed by atoms with Crippen molar-refractivity contribution in [2.75, 3.05) is 0 Å². The highest BCUT2D eigenvalue weighted by atomic mass is 28.4. The average Bonchev–Trinajstić information content (AvgIpc) is 2.00. The van der Waals surface area contributed by atoms with Crippen molar-refractivity contribution in [2.45, 2.75) is 39.5 Å². The molecule has 0 saturated heterocycles. The highest BCUT2D eigenvalue weighted by Crippen LogP contribution is 2.16. The van der Waals surface area contributed by atoms with Crippen molar-refractivity contribution in [1.82, 2.24) is 0 Å². The molecule has 0 amide bonds. The maximum absolute atomic E-state index is 12.8. The van der Waals surface area contributed by atoms with Crippen LogP contribution in [0.2, 0.25) is 13.1 Å². The Hall–Kier alpha value is -0.673. The number of rotatable bonds is 2. The van der Waals surface area contributed by atoms with E-state index in [4.69, 9.17) is 4.43 Å². The highest BCUT2D eigenvalue weighted by molar-refractivity contribution is 6.84. The van der Waals surface area contributed by atoms with Gasteiger partial charge in [-0.1, -0.05) is 12.1 Å². The first kappa shape index (κ1) is 12.4. The summed E-state index contributed by atoms with van der Waals surface area (Å²) >= 11 is 0. The minimum absolute atomic E-state index is 0.149. The average molecular weight is 226 g/mol. The van der Waals surface area contributed by atoms with Gasteiger partial charge in [-0.2, -0.15) is 0 Å². The van der Waals surface area contributed by atoms with Crippen LogP contribution in [0.5, 0.6) is 0 Å². The third kappa shape index (κ3) is 3.76. The van der Waals surface area contributed by atoms with Gasteiger partial charge in [0.1, 0.15) is 5.82 Å². The van der Waals surface area contributed by atoms with Crippen LogP contribution in [-0.4, -0.2) is 13.9 Å². The maximum atomic E-state index is 12.8. The van der Waals surface area contributed by atoms with Crippen molar-refractivity contribution in [1.29, 1.82) is 0 Å². The Kier molecular flexibility index (Phi) is 3.36. The Morgan fingerprint density at radius 2 is 1.53 bits per heavy atom. The summed E-state index contributed by atoms with van der Waals surface area (Å²) in [6, 6.07) is 6.65. The molecule has 84 valence electrons. The Morgan fingerprint density at radius 3 is 1.93 bits per heavy atom. The lowest BCUT2D eigenvalue weighted by Crippen LogP contribution is -2.49. The van der Waals surface area contributed by atoms with Crippen LogP contribution < -0.4 is 5.19 Å². The van der Waals surface area contributed by atoms with Gasteiger partial charge >= 0.3 is 0 Å². The van der Waals surface area contributed by atoms with Crippen LogP contribution in [0, 0.1) is 5.82 Å². The number of hydrogen-bond donors (Lipinski definition) is 0. The van der Waals surface area contributed by atoms with Gasteiger partial charge in [-0.3, -0.25) is 0 Å². The Bertz CT molecular complexity index is 324. The second-order valence-corrected chi connectivity index (χ2v) is 9.03. The first-order valence-corrected chi connectivity index (χ1v) is 8.08. The summed E-state index contributed by atoms with van der Waals surface area (Å²) in [7, 11) is -1.90. The normalized spacial score (nSPS) is 12.9. The Morgan fingerprint density at radius 1 is 1.07 bits per heavy atom. The number of hydrogen-bond acceptors (Lipinski definition) is 1. The lowest BCUT2D eigenvalue weighted by atomic mass is 10.2. The van der Waals surface area contributed by atoms with E-state index >= 15 is 0 Å². The van der Waals surface area contributed by atoms with Crippen molar-refractivity contribution in [3.05, 3.63) is 30.1 Å². The zero-order valence-corrected chi connectivity index (χ0v) is 11.1. The van der Waals surface area contributed by atoms with Gasteiger partial charge in [-0.15, -0.1) is 0 Å². The Labute approximate surface area is 92.4 Å². The molecule has 1 aromatic carbocycles. The molecule has 1 aromatic rings. The summed E-state index contributed by atoms with van der Waals surface area (Å²) in [5.74, 6) is -0.195. The van der Waals surface area contributed by atoms with E-state index < -0.39 is 8.32 Å². The smallest absolute Gasteiger partial charge is 0.218 e. The molecule has 1 nitrogen and oxygen atoms in total. The molecule has 3 heteroatoms. The molecule has 0 aromatic heterocycles. The zero-order chi connectivity index (χ0) is 11.7. The molecule has 0 saturated carbocycles. The van der Waals surface area contributed by atoms with Crippen LogP contribution in [0.15, 0.2) is 24.3 Å². The van der Waals surface area contributed by atoms with Crippen molar-refractivity contribution in [3.8, 4) is 0 Å². The van der Waals surface area contributed by atoms with Gasteiger partial charge in [0.25, 0.3) is 0 Å². The van der Waals surface area contributed by atoms with Gasteiger partial charge < -0.3 is 4.43 Å². The lowest BCUT2D eigenvalue weighted by molar-refractivity contribution is 0.125. The molecule has 0 aliphatic carbocycles. The molecule has 0 heterocycles. The highest BCUT2D eigenvalue weighted by Gasteiger charge is 2.30. The minimum atomic E-state index is -1.90. The van der Waals surface area contributed by atoms with Crippen molar-refractivity contribution in [3.63, 3.8) is 0 Å². The van der Waals surface area contributed by atoms with Gasteiger partial charge in [0.2, 0.25) is 8.32 Å². The Balaban J connectivity index is 2.90. The fraction of sp³-hybridized carbons (Fsp3) is 0.500. The quantitative estimate of drug-likeness (QED) is 0.704. The van der Waals surface area contributed by atoms with Gasteiger partial charge in [0.15, 0.2) is 0 Å². The van der Waals surface area contributed by atoms with Gasteiger partial charge in [0.05, 0.1) is 0 Å². The molecule has 0 radical (unpaired) electrons. The molecule has 15 heavy (non-hydrogen) atoms. The maximum Gasteiger partial charge on any atom is 0.218 e. The van der Waals surface area contributed by atoms with E-state index in [0.717, 1.165) is 5.19 Å². The topological polar surface area (TPSA) is 9.23 Å².